The van der Waals surface area contributed by atoms with Gasteiger partial charge in [-0.1, -0.05) is 17.9 Å². The lowest BCUT2D eigenvalue weighted by Crippen LogP contribution is -2.44. The molecule has 5 aliphatic rings. The predicted octanol–water partition coefficient (Wildman–Crippen LogP) is 2.98. The maximum Gasteiger partial charge on any atom is 0.329 e. The second-order valence-electron chi connectivity index (χ2n) is 18.0. The molecular formula is C44H47B2F2N11O6. The number of imidazole rings is 1. The molecule has 65 heavy (non-hydrogen) atoms. The molecule has 334 valence electrons. The van der Waals surface area contributed by atoms with E-state index in [2.05, 4.69) is 42.5 Å². The number of piperidine rings is 2. The second kappa shape index (κ2) is 17.2. The Balaban J connectivity index is 0.719. The lowest BCUT2D eigenvalue weighted by molar-refractivity contribution is -0.135. The number of alkyl halides is 2. The Kier molecular flexibility index (Phi) is 11.4. The van der Waals surface area contributed by atoms with E-state index in [0.717, 1.165) is 64.1 Å². The van der Waals surface area contributed by atoms with Crippen LogP contribution in [0.2, 0.25) is 0 Å². The van der Waals surface area contributed by atoms with E-state index in [1.165, 1.54) is 26.0 Å². The van der Waals surface area contributed by atoms with Gasteiger partial charge in [0.05, 0.1) is 59.4 Å². The van der Waals surface area contributed by atoms with Gasteiger partial charge in [-0.2, -0.15) is 10.2 Å². The van der Waals surface area contributed by atoms with Gasteiger partial charge in [0.25, 0.3) is 12.3 Å². The van der Waals surface area contributed by atoms with Gasteiger partial charge in [-0.3, -0.25) is 33.5 Å². The summed E-state index contributed by atoms with van der Waals surface area (Å²) < 4.78 is 46.4. The van der Waals surface area contributed by atoms with Gasteiger partial charge in [-0.25, -0.2) is 23.1 Å². The van der Waals surface area contributed by atoms with Crippen molar-refractivity contribution in [1.29, 1.82) is 0 Å². The van der Waals surface area contributed by atoms with Crippen LogP contribution >= 0.6 is 0 Å². The summed E-state index contributed by atoms with van der Waals surface area (Å²) in [7, 11) is 14.3. The third-order valence-electron chi connectivity index (χ3n) is 13.6. The van der Waals surface area contributed by atoms with E-state index in [0.29, 0.717) is 47.6 Å². The number of aryl methyl sites for hydroxylation is 1. The Morgan fingerprint density at radius 1 is 1.08 bits per heavy atom. The van der Waals surface area contributed by atoms with Crippen LogP contribution in [0.25, 0.3) is 16.7 Å². The summed E-state index contributed by atoms with van der Waals surface area (Å²) in [6, 6.07) is 6.38. The fourth-order valence-electron chi connectivity index (χ4n) is 10.3. The smallest absolute Gasteiger partial charge is 0.329 e. The number of nitrogens with one attached hydrogen (secondary N) is 2. The van der Waals surface area contributed by atoms with Crippen molar-refractivity contribution in [2.45, 2.75) is 99.9 Å². The Bertz CT molecular complexity index is 2800. The first-order valence-corrected chi connectivity index (χ1v) is 22.2. The molecule has 4 radical (unpaired) electrons. The Morgan fingerprint density at radius 3 is 2.60 bits per heavy atom. The van der Waals surface area contributed by atoms with Crippen molar-refractivity contribution < 1.29 is 32.6 Å². The van der Waals surface area contributed by atoms with E-state index in [4.69, 9.17) is 30.2 Å². The first kappa shape index (κ1) is 43.1. The molecule has 1 saturated carbocycles. The Morgan fingerprint density at radius 2 is 1.88 bits per heavy atom. The average Bonchev–Trinajstić information content (AvgIpc) is 4.14. The number of fused-ring (bicyclic) bond motifs is 4. The first-order chi connectivity index (χ1) is 31.3. The van der Waals surface area contributed by atoms with E-state index in [1.807, 2.05) is 6.07 Å². The van der Waals surface area contributed by atoms with E-state index >= 15 is 0 Å². The lowest BCUT2D eigenvalue weighted by atomic mass is 9.65. The van der Waals surface area contributed by atoms with Gasteiger partial charge in [0, 0.05) is 57.4 Å². The van der Waals surface area contributed by atoms with Gasteiger partial charge < -0.3 is 24.6 Å². The highest BCUT2D eigenvalue weighted by Gasteiger charge is 2.40. The fourth-order valence-corrected chi connectivity index (χ4v) is 10.3. The number of rotatable bonds is 10. The Labute approximate surface area is 375 Å². The van der Waals surface area contributed by atoms with Crippen LogP contribution in [0, 0.1) is 17.8 Å². The summed E-state index contributed by atoms with van der Waals surface area (Å²) in [6.07, 6.45) is 7.72. The number of nitrogens with zero attached hydrogens (tertiary/aromatic N) is 9. The molecule has 2 bridgehead atoms. The molecular weight excluding hydrogens is 838 g/mol. The number of para-hydroxylation sites is 1. The van der Waals surface area contributed by atoms with Gasteiger partial charge in [-0.15, -0.1) is 0 Å². The number of anilines is 2. The number of ether oxygens (including phenoxy) is 2. The van der Waals surface area contributed by atoms with E-state index in [9.17, 15) is 28.0 Å². The fraction of sp³-hybridized carbons (Fsp3) is 0.523. The number of amides is 3. The molecule has 5 fully saturated rings. The number of carbonyl (C=O) groups is 3. The molecule has 3 amide bonds. The van der Waals surface area contributed by atoms with Crippen LogP contribution in [0.15, 0.2) is 47.7 Å². The van der Waals surface area contributed by atoms with E-state index < -0.39 is 41.1 Å². The molecule has 10 rings (SSSR count). The second-order valence-corrected chi connectivity index (χ2v) is 18.0. The van der Waals surface area contributed by atoms with Crippen LogP contribution < -0.4 is 21.2 Å². The third-order valence-corrected chi connectivity index (χ3v) is 13.6. The molecule has 8 heterocycles. The van der Waals surface area contributed by atoms with Gasteiger partial charge in [0.1, 0.15) is 33.1 Å². The minimum absolute atomic E-state index is 0.0299. The van der Waals surface area contributed by atoms with Crippen molar-refractivity contribution in [1.82, 2.24) is 43.7 Å². The molecule has 3 atom stereocenters. The van der Waals surface area contributed by atoms with E-state index in [-0.39, 0.29) is 54.3 Å². The van der Waals surface area contributed by atoms with Crippen molar-refractivity contribution in [2.75, 3.05) is 43.0 Å². The number of imide groups is 1. The van der Waals surface area contributed by atoms with Crippen molar-refractivity contribution in [3.8, 4) is 11.8 Å². The van der Waals surface area contributed by atoms with Gasteiger partial charge in [0.2, 0.25) is 11.8 Å². The summed E-state index contributed by atoms with van der Waals surface area (Å²) in [5.41, 5.74) is 1.11. The monoisotopic (exact) mass is 885 g/mol. The summed E-state index contributed by atoms with van der Waals surface area (Å²) in [5.74, 6) is 5.52. The zero-order chi connectivity index (χ0) is 45.1. The quantitative estimate of drug-likeness (QED) is 0.120. The van der Waals surface area contributed by atoms with Crippen LogP contribution in [0.4, 0.5) is 20.3 Å². The standard InChI is InChI=1S/C44H47B2F2N11O6/c1-54-38-26(3-2-4-33(38)59(43(54)63)34-9-10-36(60)52-42(34)62)11-15-44(45,46)65-29-12-16-55(17-13-29)21-25-5-7-27(8-6-25)58-23-32(37(53-58)39(47)48)50-41(61)31-20-49-57-18-14-35(51-40(31)57)56-22-30-19-28(56)24-64-30/h2-4,14,18,20,23,25,27-30,34,39H,5-10,12-13,16-17,19,21-22,24H2,1H3,(H,50,61)(H,52,60,62)/t25?,27?,28-,30-,34?/m1/s1. The van der Waals surface area contributed by atoms with Gasteiger partial charge in [0.15, 0.2) is 11.3 Å². The summed E-state index contributed by atoms with van der Waals surface area (Å²) >= 11 is 0. The molecule has 4 aliphatic heterocycles. The highest BCUT2D eigenvalue weighted by Crippen LogP contribution is 2.37. The molecule has 1 aromatic carbocycles. The molecule has 17 nitrogen and oxygen atoms in total. The van der Waals surface area contributed by atoms with Crippen molar-refractivity contribution in [3.05, 3.63) is 70.2 Å². The van der Waals surface area contributed by atoms with Crippen molar-refractivity contribution >= 4 is 61.6 Å². The minimum atomic E-state index is -2.88. The Hall–Kier alpha value is -5.84. The highest BCUT2D eigenvalue weighted by atomic mass is 19.3. The first-order valence-electron chi connectivity index (χ1n) is 22.2. The molecule has 5 aromatic rings. The van der Waals surface area contributed by atoms with Crippen LogP contribution in [0.1, 0.15) is 97.9 Å². The summed E-state index contributed by atoms with van der Waals surface area (Å²) in [4.78, 5) is 60.6. The number of halogens is 2. The number of morpholine rings is 1. The van der Waals surface area contributed by atoms with Crippen LogP contribution in [0.5, 0.6) is 0 Å². The number of carbonyl (C=O) groups excluding carboxylic acids is 3. The number of hydrogen-bond donors (Lipinski definition) is 2. The van der Waals surface area contributed by atoms with Crippen LogP contribution in [-0.4, -0.2) is 128 Å². The molecule has 2 N–H and O–H groups in total. The maximum absolute atomic E-state index is 14.3. The topological polar surface area (TPSA) is 175 Å². The number of benzene rings is 1. The predicted molar refractivity (Wildman–Crippen MR) is 235 cm³/mol. The summed E-state index contributed by atoms with van der Waals surface area (Å²) in [5, 5.41) is 11.8. The third kappa shape index (κ3) is 8.47. The molecule has 1 aliphatic carbocycles. The van der Waals surface area contributed by atoms with Gasteiger partial charge >= 0.3 is 5.69 Å². The number of aromatic nitrogens is 7. The van der Waals surface area contributed by atoms with Gasteiger partial charge in [-0.05, 0) is 75.5 Å². The lowest BCUT2D eigenvalue weighted by Gasteiger charge is -2.38. The highest BCUT2D eigenvalue weighted by molar-refractivity contribution is 6.41. The van der Waals surface area contributed by atoms with Crippen molar-refractivity contribution in [3.63, 3.8) is 0 Å². The molecule has 4 aromatic heterocycles. The average molecular weight is 886 g/mol. The van der Waals surface area contributed by atoms with E-state index in [1.54, 1.807) is 36.1 Å². The normalized spacial score (nSPS) is 24.2. The SMILES string of the molecule is [B]C([B])(C#Cc1cccc2c1n(C)c(=O)n2C1CCC(=O)NC1=O)OC1CCN(CC2CCC(n3cc(NC(=O)c4cnn5ccc(N6C[C@H]7C[C@@H]6CO7)nc45)c(C(F)F)n3)CC2)CC1. The maximum atomic E-state index is 14.3. The van der Waals surface area contributed by atoms with Crippen LogP contribution in [-0.2, 0) is 26.1 Å². The molecule has 21 heteroatoms. The van der Waals surface area contributed by atoms with Crippen molar-refractivity contribution in [2.24, 2.45) is 13.0 Å². The summed E-state index contributed by atoms with van der Waals surface area (Å²) in [6.45, 7) is 3.81. The molecule has 1 unspecified atom stereocenters. The van der Waals surface area contributed by atoms with Crippen LogP contribution in [0.3, 0.4) is 0 Å². The largest absolute Gasteiger partial charge is 0.379 e. The molecule has 4 saturated heterocycles. The minimum Gasteiger partial charge on any atom is -0.379 e. The zero-order valence-electron chi connectivity index (χ0n) is 35.9. The zero-order valence-corrected chi connectivity index (χ0v) is 35.9. The number of likely N-dealkylation sites (tertiary alicyclic amines) is 1. The molecule has 0 spiro atoms. The number of hydrogen-bond acceptors (Lipinski definition) is 11.